The van der Waals surface area contributed by atoms with E-state index < -0.39 is 17.4 Å². The fourth-order valence-electron chi connectivity index (χ4n) is 3.77. The molecular formula is C20H27ClN4O3S. The Bertz CT molecular complexity index is 931. The number of carbonyl (C=O) groups is 2. The first-order chi connectivity index (χ1) is 13.5. The fourth-order valence-corrected chi connectivity index (χ4v) is 4.91. The Morgan fingerprint density at radius 3 is 2.66 bits per heavy atom. The summed E-state index contributed by atoms with van der Waals surface area (Å²) >= 11 is 7.56. The summed E-state index contributed by atoms with van der Waals surface area (Å²) in [5.41, 5.74) is 0.885. The number of nitrogens with one attached hydrogen (secondary N) is 1. The summed E-state index contributed by atoms with van der Waals surface area (Å²) in [5, 5.41) is 17.3. The average Bonchev–Trinajstić information content (AvgIpc) is 3.31. The van der Waals surface area contributed by atoms with Gasteiger partial charge in [-0.3, -0.25) is 9.59 Å². The maximum atomic E-state index is 13.2. The molecule has 2 unspecified atom stereocenters. The van der Waals surface area contributed by atoms with Gasteiger partial charge in [0.25, 0.3) is 5.91 Å². The van der Waals surface area contributed by atoms with Gasteiger partial charge < -0.3 is 15.3 Å². The molecule has 2 atom stereocenters. The van der Waals surface area contributed by atoms with Crippen molar-refractivity contribution in [3.63, 3.8) is 0 Å². The van der Waals surface area contributed by atoms with Crippen LogP contribution in [0.2, 0.25) is 4.34 Å². The van der Waals surface area contributed by atoms with Gasteiger partial charge in [0.1, 0.15) is 11.9 Å². The molecule has 0 aromatic carbocycles. The highest BCUT2D eigenvalue weighted by molar-refractivity contribution is 7.16. The number of hydrogen-bond donors (Lipinski definition) is 2. The van der Waals surface area contributed by atoms with Gasteiger partial charge in [-0.25, -0.2) is 0 Å². The second kappa shape index (κ2) is 8.08. The highest BCUT2D eigenvalue weighted by Gasteiger charge is 2.39. The normalized spacial score (nSPS) is 19.5. The number of thiophene rings is 1. The Balaban J connectivity index is 2.06. The number of aliphatic carboxylic acids is 1. The third-order valence-corrected chi connectivity index (χ3v) is 6.40. The zero-order valence-electron chi connectivity index (χ0n) is 17.3. The van der Waals surface area contributed by atoms with E-state index in [-0.39, 0.29) is 11.8 Å². The molecule has 29 heavy (non-hydrogen) atoms. The Kier molecular flexibility index (Phi) is 6.08. The van der Waals surface area contributed by atoms with Crippen LogP contribution in [0.15, 0.2) is 12.1 Å². The first kappa shape index (κ1) is 21.8. The Morgan fingerprint density at radius 2 is 2.10 bits per heavy atom. The van der Waals surface area contributed by atoms with Crippen molar-refractivity contribution in [2.75, 3.05) is 18.5 Å². The molecule has 1 fully saturated rings. The van der Waals surface area contributed by atoms with Crippen molar-refractivity contribution in [3.8, 4) is 0 Å². The quantitative estimate of drug-likeness (QED) is 0.739. The number of nitrogens with zero attached hydrogens (tertiary/aromatic N) is 3. The van der Waals surface area contributed by atoms with Gasteiger partial charge in [0.15, 0.2) is 0 Å². The molecule has 0 spiro atoms. The number of hydrogen-bond acceptors (Lipinski definition) is 6. The molecular weight excluding hydrogens is 412 g/mol. The van der Waals surface area contributed by atoms with Crippen LogP contribution in [0.4, 0.5) is 5.82 Å². The summed E-state index contributed by atoms with van der Waals surface area (Å²) in [6.07, 6.45) is 0.669. The zero-order valence-corrected chi connectivity index (χ0v) is 18.9. The Labute approximate surface area is 179 Å². The van der Waals surface area contributed by atoms with Crippen LogP contribution in [-0.2, 0) is 11.3 Å². The minimum atomic E-state index is -0.897. The van der Waals surface area contributed by atoms with E-state index in [1.165, 1.54) is 16.0 Å². The van der Waals surface area contributed by atoms with Gasteiger partial charge in [-0.05, 0) is 32.0 Å². The van der Waals surface area contributed by atoms with Crippen molar-refractivity contribution in [2.45, 2.75) is 52.6 Å². The van der Waals surface area contributed by atoms with Gasteiger partial charge in [-0.15, -0.1) is 11.3 Å². The summed E-state index contributed by atoms with van der Waals surface area (Å²) in [5.74, 6) is -0.604. The third kappa shape index (κ3) is 4.34. The second-order valence-corrected chi connectivity index (χ2v) is 10.3. The Hall–Kier alpha value is -1.90. The minimum Gasteiger partial charge on any atom is -0.480 e. The Morgan fingerprint density at radius 1 is 1.41 bits per heavy atom. The first-order valence-corrected chi connectivity index (χ1v) is 10.8. The smallest absolute Gasteiger partial charge is 0.321 e. The van der Waals surface area contributed by atoms with Gasteiger partial charge in [0.2, 0.25) is 0 Å². The van der Waals surface area contributed by atoms with Gasteiger partial charge in [-0.1, -0.05) is 32.4 Å². The zero-order chi connectivity index (χ0) is 21.5. The molecule has 1 saturated heterocycles. The topological polar surface area (TPSA) is 87.5 Å². The van der Waals surface area contributed by atoms with E-state index >= 15 is 0 Å². The van der Waals surface area contributed by atoms with Crippen molar-refractivity contribution >= 4 is 40.6 Å². The molecule has 1 aliphatic heterocycles. The minimum absolute atomic E-state index is 0.129. The molecule has 2 N–H and O–H groups in total. The van der Waals surface area contributed by atoms with Crippen LogP contribution in [0.25, 0.3) is 0 Å². The molecule has 2 aromatic rings. The third-order valence-electron chi connectivity index (χ3n) is 5.18. The summed E-state index contributed by atoms with van der Waals surface area (Å²) < 4.78 is 2.17. The van der Waals surface area contributed by atoms with Gasteiger partial charge in [-0.2, -0.15) is 9.78 Å². The first-order valence-electron chi connectivity index (χ1n) is 9.56. The largest absolute Gasteiger partial charge is 0.480 e. The van der Waals surface area contributed by atoms with E-state index in [0.29, 0.717) is 35.4 Å². The highest BCUT2D eigenvalue weighted by atomic mass is 35.5. The summed E-state index contributed by atoms with van der Waals surface area (Å²) in [6, 6.07) is 3.12. The highest BCUT2D eigenvalue weighted by Crippen LogP contribution is 2.36. The van der Waals surface area contributed by atoms with Crippen molar-refractivity contribution in [1.82, 2.24) is 15.1 Å². The molecule has 0 amide bonds. The number of carboxylic acid groups (broad SMARTS) is 1. The molecule has 9 heteroatoms. The van der Waals surface area contributed by atoms with Gasteiger partial charge >= 0.3 is 5.97 Å². The molecule has 3 heterocycles. The fraction of sp³-hybridized carbons (Fsp3) is 0.550. The summed E-state index contributed by atoms with van der Waals surface area (Å²) in [4.78, 5) is 27.9. The molecule has 7 nitrogen and oxygen atoms in total. The lowest BCUT2D eigenvalue weighted by Crippen LogP contribution is -2.35. The summed E-state index contributed by atoms with van der Waals surface area (Å²) in [7, 11) is 1.91. The van der Waals surface area contributed by atoms with E-state index in [1.807, 2.05) is 51.8 Å². The summed E-state index contributed by atoms with van der Waals surface area (Å²) in [6.45, 7) is 8.66. The van der Waals surface area contributed by atoms with Gasteiger partial charge in [0, 0.05) is 28.8 Å². The number of aromatic nitrogens is 2. The lowest BCUT2D eigenvalue weighted by atomic mass is 9.94. The predicted molar refractivity (Wildman–Crippen MR) is 115 cm³/mol. The molecule has 2 aromatic heterocycles. The van der Waals surface area contributed by atoms with Crippen molar-refractivity contribution in [1.29, 1.82) is 0 Å². The molecule has 0 radical (unpaired) electrons. The molecule has 0 bridgehead atoms. The molecule has 3 rings (SSSR count). The molecule has 0 saturated carbocycles. The predicted octanol–water partition coefficient (Wildman–Crippen LogP) is 3.76. The number of anilines is 1. The van der Waals surface area contributed by atoms with E-state index in [0.717, 1.165) is 10.4 Å². The SMILES string of the molecule is Cc1c(C2CCNC2C(=O)O)nn(C(=O)C(C)(C)C)c1N(C)Cc1ccc(Cl)s1. The lowest BCUT2D eigenvalue weighted by molar-refractivity contribution is -0.139. The average molecular weight is 439 g/mol. The maximum absolute atomic E-state index is 13.2. The second-order valence-electron chi connectivity index (χ2n) is 8.53. The number of carbonyl (C=O) groups excluding carboxylic acids is 1. The molecule has 1 aliphatic rings. The van der Waals surface area contributed by atoms with E-state index in [9.17, 15) is 14.7 Å². The number of rotatable bonds is 5. The van der Waals surface area contributed by atoms with E-state index in [2.05, 4.69) is 10.4 Å². The standard InChI is InChI=1S/C20H27ClN4O3S/c1-11-15(13-8-9-22-16(13)18(26)27)23-25(19(28)20(2,3)4)17(11)24(5)10-12-6-7-14(21)29-12/h6-7,13,16,22H,8-10H2,1-5H3,(H,26,27). The number of carboxylic acids is 1. The van der Waals surface area contributed by atoms with Gasteiger partial charge in [0.05, 0.1) is 16.6 Å². The van der Waals surface area contributed by atoms with Crippen molar-refractivity contribution in [3.05, 3.63) is 32.6 Å². The van der Waals surface area contributed by atoms with Crippen LogP contribution in [-0.4, -0.2) is 46.4 Å². The van der Waals surface area contributed by atoms with Crippen LogP contribution >= 0.6 is 22.9 Å². The van der Waals surface area contributed by atoms with Crippen LogP contribution in [0, 0.1) is 12.3 Å². The van der Waals surface area contributed by atoms with Crippen LogP contribution in [0.3, 0.4) is 0 Å². The molecule has 158 valence electrons. The molecule has 0 aliphatic carbocycles. The van der Waals surface area contributed by atoms with Crippen molar-refractivity contribution in [2.24, 2.45) is 5.41 Å². The van der Waals surface area contributed by atoms with E-state index in [4.69, 9.17) is 11.6 Å². The van der Waals surface area contributed by atoms with Crippen LogP contribution < -0.4 is 10.2 Å². The van der Waals surface area contributed by atoms with Crippen LogP contribution in [0.1, 0.15) is 54.0 Å². The maximum Gasteiger partial charge on any atom is 0.321 e. The van der Waals surface area contributed by atoms with E-state index in [1.54, 1.807) is 0 Å². The van der Waals surface area contributed by atoms with Crippen LogP contribution in [0.5, 0.6) is 0 Å². The van der Waals surface area contributed by atoms with Crippen molar-refractivity contribution < 1.29 is 14.7 Å². The monoisotopic (exact) mass is 438 g/mol. The lowest BCUT2D eigenvalue weighted by Gasteiger charge is -2.23. The number of halogens is 1.